The third kappa shape index (κ3) is 2.12. The van der Waals surface area contributed by atoms with Gasteiger partial charge in [0, 0.05) is 18.6 Å². The molecular weight excluding hydrogens is 172 g/mol. The number of hydrogen-bond acceptors (Lipinski definition) is 2. The number of nitrogens with zero attached hydrogens (tertiary/aromatic N) is 1. The zero-order chi connectivity index (χ0) is 9.97. The monoisotopic (exact) mass is 196 g/mol. The van der Waals surface area contributed by atoms with Gasteiger partial charge in [-0.05, 0) is 38.1 Å². The average Bonchev–Trinajstić information content (AvgIpc) is 2.90. The molecule has 0 aliphatic heterocycles. The van der Waals surface area contributed by atoms with Gasteiger partial charge in [0.1, 0.15) is 0 Å². The van der Waals surface area contributed by atoms with Crippen molar-refractivity contribution in [3.63, 3.8) is 0 Å². The minimum atomic E-state index is 0.690. The first-order valence-corrected chi connectivity index (χ1v) is 6.32. The SMILES string of the molecule is CCN(C1CC1)C(CN)C1CCCC1. The summed E-state index contributed by atoms with van der Waals surface area (Å²) in [6.07, 6.45) is 8.54. The smallest absolute Gasteiger partial charge is 0.0249 e. The first-order valence-electron chi connectivity index (χ1n) is 6.32. The summed E-state index contributed by atoms with van der Waals surface area (Å²) in [7, 11) is 0. The van der Waals surface area contributed by atoms with Crippen LogP contribution in [0.5, 0.6) is 0 Å². The fourth-order valence-electron chi connectivity index (χ4n) is 3.11. The van der Waals surface area contributed by atoms with Gasteiger partial charge in [0.2, 0.25) is 0 Å². The third-order valence-electron chi connectivity index (χ3n) is 3.99. The first-order chi connectivity index (χ1) is 6.86. The van der Waals surface area contributed by atoms with E-state index in [2.05, 4.69) is 11.8 Å². The molecule has 2 fully saturated rings. The Morgan fingerprint density at radius 2 is 1.86 bits per heavy atom. The molecule has 2 nitrogen and oxygen atoms in total. The highest BCUT2D eigenvalue weighted by Crippen LogP contribution is 2.35. The van der Waals surface area contributed by atoms with Crippen molar-refractivity contribution in [2.45, 2.75) is 57.5 Å². The van der Waals surface area contributed by atoms with Crippen LogP contribution in [-0.2, 0) is 0 Å². The summed E-state index contributed by atoms with van der Waals surface area (Å²) in [4.78, 5) is 2.68. The minimum Gasteiger partial charge on any atom is -0.329 e. The summed E-state index contributed by atoms with van der Waals surface area (Å²) < 4.78 is 0. The van der Waals surface area contributed by atoms with E-state index in [0.29, 0.717) is 6.04 Å². The molecule has 14 heavy (non-hydrogen) atoms. The van der Waals surface area contributed by atoms with E-state index in [1.54, 1.807) is 0 Å². The maximum Gasteiger partial charge on any atom is 0.0249 e. The fourth-order valence-corrected chi connectivity index (χ4v) is 3.11. The zero-order valence-electron chi connectivity index (χ0n) is 9.41. The van der Waals surface area contributed by atoms with E-state index in [0.717, 1.165) is 18.5 Å². The van der Waals surface area contributed by atoms with Crippen LogP contribution in [0.4, 0.5) is 0 Å². The molecule has 1 atom stereocenters. The van der Waals surface area contributed by atoms with E-state index in [-0.39, 0.29) is 0 Å². The van der Waals surface area contributed by atoms with Crippen molar-refractivity contribution in [2.24, 2.45) is 11.7 Å². The van der Waals surface area contributed by atoms with E-state index in [1.165, 1.54) is 45.1 Å². The highest BCUT2D eigenvalue weighted by molar-refractivity contribution is 4.92. The fraction of sp³-hybridized carbons (Fsp3) is 1.00. The third-order valence-corrected chi connectivity index (χ3v) is 3.99. The Labute approximate surface area is 87.8 Å². The Morgan fingerprint density at radius 1 is 1.21 bits per heavy atom. The van der Waals surface area contributed by atoms with Crippen LogP contribution in [0.3, 0.4) is 0 Å². The first kappa shape index (κ1) is 10.4. The molecule has 0 spiro atoms. The van der Waals surface area contributed by atoms with Crippen LogP contribution < -0.4 is 5.73 Å². The predicted octanol–water partition coefficient (Wildman–Crippen LogP) is 1.99. The summed E-state index contributed by atoms with van der Waals surface area (Å²) in [5.74, 6) is 0.903. The summed E-state index contributed by atoms with van der Waals surface area (Å²) in [6.45, 7) is 4.36. The Balaban J connectivity index is 1.94. The maximum atomic E-state index is 5.95. The van der Waals surface area contributed by atoms with Gasteiger partial charge in [-0.1, -0.05) is 19.8 Å². The van der Waals surface area contributed by atoms with Crippen LogP contribution in [0.1, 0.15) is 45.4 Å². The van der Waals surface area contributed by atoms with Crippen molar-refractivity contribution >= 4 is 0 Å². The normalized spacial score (nSPS) is 25.9. The predicted molar refractivity (Wildman–Crippen MR) is 60.2 cm³/mol. The van der Waals surface area contributed by atoms with Crippen LogP contribution in [-0.4, -0.2) is 30.1 Å². The summed E-state index contributed by atoms with van der Waals surface area (Å²) in [5, 5.41) is 0. The van der Waals surface area contributed by atoms with Gasteiger partial charge in [0.05, 0.1) is 0 Å². The molecule has 1 unspecified atom stereocenters. The Morgan fingerprint density at radius 3 is 2.29 bits per heavy atom. The average molecular weight is 196 g/mol. The molecule has 2 aliphatic rings. The topological polar surface area (TPSA) is 29.3 Å². The Kier molecular flexibility index (Phi) is 3.45. The number of nitrogens with two attached hydrogens (primary N) is 1. The van der Waals surface area contributed by atoms with Crippen LogP contribution in [0.25, 0.3) is 0 Å². The molecule has 0 saturated heterocycles. The summed E-state index contributed by atoms with van der Waals surface area (Å²) in [6, 6.07) is 1.57. The second-order valence-corrected chi connectivity index (χ2v) is 4.91. The minimum absolute atomic E-state index is 0.690. The molecule has 82 valence electrons. The van der Waals surface area contributed by atoms with Gasteiger partial charge >= 0.3 is 0 Å². The molecule has 0 heterocycles. The second kappa shape index (κ2) is 4.63. The van der Waals surface area contributed by atoms with Gasteiger partial charge in [-0.15, -0.1) is 0 Å². The van der Waals surface area contributed by atoms with Gasteiger partial charge in [0.25, 0.3) is 0 Å². The van der Waals surface area contributed by atoms with Crippen LogP contribution in [0, 0.1) is 5.92 Å². The van der Waals surface area contributed by atoms with Gasteiger partial charge in [0.15, 0.2) is 0 Å². The molecule has 0 aromatic carbocycles. The van der Waals surface area contributed by atoms with Crippen molar-refractivity contribution in [2.75, 3.05) is 13.1 Å². The molecule has 0 amide bonds. The number of rotatable bonds is 5. The molecule has 0 bridgehead atoms. The van der Waals surface area contributed by atoms with E-state index >= 15 is 0 Å². The van der Waals surface area contributed by atoms with E-state index in [1.807, 2.05) is 0 Å². The summed E-state index contributed by atoms with van der Waals surface area (Å²) in [5.41, 5.74) is 5.95. The number of hydrogen-bond donors (Lipinski definition) is 1. The van der Waals surface area contributed by atoms with Crippen LogP contribution >= 0.6 is 0 Å². The Hall–Kier alpha value is -0.0800. The second-order valence-electron chi connectivity index (χ2n) is 4.91. The molecule has 2 saturated carbocycles. The zero-order valence-corrected chi connectivity index (χ0v) is 9.41. The van der Waals surface area contributed by atoms with Gasteiger partial charge < -0.3 is 5.73 Å². The molecule has 2 aliphatic carbocycles. The van der Waals surface area contributed by atoms with E-state index in [9.17, 15) is 0 Å². The lowest BCUT2D eigenvalue weighted by Crippen LogP contribution is -2.46. The molecule has 2 N–H and O–H groups in total. The maximum absolute atomic E-state index is 5.95. The molecule has 2 rings (SSSR count). The molecule has 0 aromatic heterocycles. The lowest BCUT2D eigenvalue weighted by atomic mass is 9.96. The van der Waals surface area contributed by atoms with Gasteiger partial charge in [-0.3, -0.25) is 4.90 Å². The van der Waals surface area contributed by atoms with Gasteiger partial charge in [-0.25, -0.2) is 0 Å². The van der Waals surface area contributed by atoms with E-state index < -0.39 is 0 Å². The lowest BCUT2D eigenvalue weighted by Gasteiger charge is -2.34. The quantitative estimate of drug-likeness (QED) is 0.728. The molecule has 0 radical (unpaired) electrons. The highest BCUT2D eigenvalue weighted by Gasteiger charge is 2.36. The number of likely N-dealkylation sites (N-methyl/N-ethyl adjacent to an activating group) is 1. The van der Waals surface area contributed by atoms with Crippen molar-refractivity contribution in [1.82, 2.24) is 4.90 Å². The van der Waals surface area contributed by atoms with Crippen molar-refractivity contribution < 1.29 is 0 Å². The van der Waals surface area contributed by atoms with Crippen molar-refractivity contribution in [3.8, 4) is 0 Å². The highest BCUT2D eigenvalue weighted by atomic mass is 15.2. The van der Waals surface area contributed by atoms with Crippen LogP contribution in [0.2, 0.25) is 0 Å². The Bertz CT molecular complexity index is 171. The van der Waals surface area contributed by atoms with E-state index in [4.69, 9.17) is 5.73 Å². The lowest BCUT2D eigenvalue weighted by molar-refractivity contribution is 0.145. The molecular formula is C12H24N2. The van der Waals surface area contributed by atoms with Crippen molar-refractivity contribution in [1.29, 1.82) is 0 Å². The molecule has 0 aromatic rings. The standard InChI is InChI=1S/C12H24N2/c1-2-14(11-7-8-11)12(9-13)10-5-3-4-6-10/h10-12H,2-9,13H2,1H3. The molecule has 2 heteroatoms. The largest absolute Gasteiger partial charge is 0.329 e. The van der Waals surface area contributed by atoms with Crippen molar-refractivity contribution in [3.05, 3.63) is 0 Å². The van der Waals surface area contributed by atoms with Gasteiger partial charge in [-0.2, -0.15) is 0 Å². The summed E-state index contributed by atoms with van der Waals surface area (Å²) >= 11 is 0. The van der Waals surface area contributed by atoms with Crippen LogP contribution in [0.15, 0.2) is 0 Å².